The molecule has 0 radical (unpaired) electrons. The Bertz CT molecular complexity index is 834. The molecule has 3 rings (SSSR count). The molecule has 1 saturated heterocycles. The largest absolute Gasteiger partial charge is 0.493 e. The van der Waals surface area contributed by atoms with E-state index in [1.807, 2.05) is 12.1 Å². The molecule has 1 aliphatic heterocycles. The van der Waals surface area contributed by atoms with Crippen LogP contribution in [0.1, 0.15) is 21.5 Å². The molecule has 0 saturated carbocycles. The molecule has 0 bridgehead atoms. The second kappa shape index (κ2) is 10.1. The van der Waals surface area contributed by atoms with Crippen LogP contribution in [0.5, 0.6) is 17.2 Å². The van der Waals surface area contributed by atoms with E-state index in [-0.39, 0.29) is 5.91 Å². The molecule has 1 aliphatic rings. The van der Waals surface area contributed by atoms with Crippen LogP contribution in [0.2, 0.25) is 0 Å². The van der Waals surface area contributed by atoms with Crippen LogP contribution in [-0.4, -0.2) is 58.4 Å². The van der Waals surface area contributed by atoms with Gasteiger partial charge in [-0.15, -0.1) is 0 Å². The van der Waals surface area contributed by atoms with Crippen molar-refractivity contribution in [3.8, 4) is 17.2 Å². The molecule has 29 heavy (non-hydrogen) atoms. The van der Waals surface area contributed by atoms with E-state index >= 15 is 0 Å². The number of morpholine rings is 1. The van der Waals surface area contributed by atoms with E-state index < -0.39 is 0 Å². The van der Waals surface area contributed by atoms with E-state index in [2.05, 4.69) is 22.3 Å². The molecule has 1 fully saturated rings. The zero-order chi connectivity index (χ0) is 20.6. The maximum Gasteiger partial charge on any atom is 0.255 e. The summed E-state index contributed by atoms with van der Waals surface area (Å²) >= 11 is 0. The zero-order valence-electron chi connectivity index (χ0n) is 17.2. The minimum atomic E-state index is -0.235. The molecule has 7 heteroatoms. The summed E-state index contributed by atoms with van der Waals surface area (Å²) in [5.74, 6) is 1.03. The number of benzene rings is 2. The SMILES string of the molecule is COc1ccc(C(=O)NCc2cccc(CN3CCOCC3)c2)c(OC)c1OC. The molecule has 0 spiro atoms. The van der Waals surface area contributed by atoms with Crippen molar-refractivity contribution >= 4 is 5.91 Å². The van der Waals surface area contributed by atoms with E-state index in [0.717, 1.165) is 38.4 Å². The first-order valence-corrected chi connectivity index (χ1v) is 9.61. The van der Waals surface area contributed by atoms with Crippen molar-refractivity contribution in [2.75, 3.05) is 47.6 Å². The molecule has 2 aromatic carbocycles. The zero-order valence-corrected chi connectivity index (χ0v) is 17.2. The summed E-state index contributed by atoms with van der Waals surface area (Å²) < 4.78 is 21.4. The summed E-state index contributed by atoms with van der Waals surface area (Å²) in [7, 11) is 4.56. The van der Waals surface area contributed by atoms with Crippen LogP contribution < -0.4 is 19.5 Å². The maximum absolute atomic E-state index is 12.8. The number of amides is 1. The highest BCUT2D eigenvalue weighted by Gasteiger charge is 2.20. The summed E-state index contributed by atoms with van der Waals surface area (Å²) in [5.41, 5.74) is 2.67. The van der Waals surface area contributed by atoms with E-state index in [0.29, 0.717) is 29.4 Å². The number of carbonyl (C=O) groups excluding carboxylic acids is 1. The molecule has 1 amide bonds. The highest BCUT2D eigenvalue weighted by molar-refractivity contribution is 5.98. The van der Waals surface area contributed by atoms with E-state index in [1.165, 1.54) is 19.8 Å². The van der Waals surface area contributed by atoms with E-state index in [1.54, 1.807) is 19.2 Å². The van der Waals surface area contributed by atoms with Gasteiger partial charge >= 0.3 is 0 Å². The van der Waals surface area contributed by atoms with Gasteiger partial charge in [0, 0.05) is 26.2 Å². The Hall–Kier alpha value is -2.77. The monoisotopic (exact) mass is 400 g/mol. The average molecular weight is 400 g/mol. The first-order valence-electron chi connectivity index (χ1n) is 9.61. The van der Waals surface area contributed by atoms with E-state index in [4.69, 9.17) is 18.9 Å². The molecule has 1 heterocycles. The van der Waals surface area contributed by atoms with Crippen molar-refractivity contribution < 1.29 is 23.7 Å². The number of carbonyl (C=O) groups is 1. The summed E-state index contributed by atoms with van der Waals surface area (Å²) in [4.78, 5) is 15.1. The van der Waals surface area contributed by atoms with Crippen LogP contribution in [0.4, 0.5) is 0 Å². The molecular formula is C22H28N2O5. The van der Waals surface area contributed by atoms with Gasteiger partial charge in [0.25, 0.3) is 5.91 Å². The number of hydrogen-bond donors (Lipinski definition) is 1. The average Bonchev–Trinajstić information content (AvgIpc) is 2.77. The molecular weight excluding hydrogens is 372 g/mol. The van der Waals surface area contributed by atoms with Crippen LogP contribution in [0, 0.1) is 0 Å². The highest BCUT2D eigenvalue weighted by atomic mass is 16.5. The minimum Gasteiger partial charge on any atom is -0.493 e. The first kappa shape index (κ1) is 21.0. The van der Waals surface area contributed by atoms with Gasteiger partial charge < -0.3 is 24.3 Å². The quantitative estimate of drug-likeness (QED) is 0.734. The third-order valence-electron chi connectivity index (χ3n) is 4.90. The lowest BCUT2D eigenvalue weighted by Crippen LogP contribution is -2.35. The third kappa shape index (κ3) is 5.19. The lowest BCUT2D eigenvalue weighted by molar-refractivity contribution is 0.0342. The van der Waals surface area contributed by atoms with Gasteiger partial charge in [0.05, 0.1) is 40.1 Å². The first-order chi connectivity index (χ1) is 14.2. The molecule has 0 aromatic heterocycles. The standard InChI is InChI=1S/C22H28N2O5/c1-26-19-8-7-18(20(27-2)21(19)28-3)22(25)23-14-16-5-4-6-17(13-16)15-24-9-11-29-12-10-24/h4-8,13H,9-12,14-15H2,1-3H3,(H,23,25). The Labute approximate surface area is 171 Å². The van der Waals surface area contributed by atoms with Crippen LogP contribution in [0.3, 0.4) is 0 Å². The van der Waals surface area contributed by atoms with E-state index in [9.17, 15) is 4.79 Å². The number of rotatable bonds is 8. The lowest BCUT2D eigenvalue weighted by atomic mass is 10.1. The fraction of sp³-hybridized carbons (Fsp3) is 0.409. The van der Waals surface area contributed by atoms with Crippen LogP contribution >= 0.6 is 0 Å². The molecule has 0 aliphatic carbocycles. The molecule has 7 nitrogen and oxygen atoms in total. The van der Waals surface area contributed by atoms with Gasteiger partial charge in [-0.2, -0.15) is 0 Å². The second-order valence-corrected chi connectivity index (χ2v) is 6.77. The van der Waals surface area contributed by atoms with Crippen molar-refractivity contribution in [1.82, 2.24) is 10.2 Å². The summed E-state index contributed by atoms with van der Waals surface area (Å²) in [6.07, 6.45) is 0. The third-order valence-corrected chi connectivity index (χ3v) is 4.90. The van der Waals surface area contributed by atoms with Crippen LogP contribution in [0.15, 0.2) is 36.4 Å². The number of nitrogens with one attached hydrogen (secondary N) is 1. The Morgan fingerprint density at radius 2 is 1.72 bits per heavy atom. The van der Waals surface area contributed by atoms with Gasteiger partial charge in [0.15, 0.2) is 11.5 Å². The van der Waals surface area contributed by atoms with Gasteiger partial charge in [-0.25, -0.2) is 0 Å². The molecule has 2 aromatic rings. The Balaban J connectivity index is 1.67. The second-order valence-electron chi connectivity index (χ2n) is 6.77. The van der Waals surface area contributed by atoms with Crippen molar-refractivity contribution in [3.63, 3.8) is 0 Å². The van der Waals surface area contributed by atoms with Gasteiger partial charge in [-0.1, -0.05) is 24.3 Å². The predicted molar refractivity (Wildman–Crippen MR) is 110 cm³/mol. The van der Waals surface area contributed by atoms with Crippen molar-refractivity contribution in [1.29, 1.82) is 0 Å². The number of hydrogen-bond acceptors (Lipinski definition) is 6. The van der Waals surface area contributed by atoms with Gasteiger partial charge in [0.2, 0.25) is 5.75 Å². The van der Waals surface area contributed by atoms with Crippen LogP contribution in [-0.2, 0) is 17.8 Å². The predicted octanol–water partition coefficient (Wildman–Crippen LogP) is 2.47. The van der Waals surface area contributed by atoms with Gasteiger partial charge in [0.1, 0.15) is 0 Å². The summed E-state index contributed by atoms with van der Waals surface area (Å²) in [6, 6.07) is 11.6. The molecule has 156 valence electrons. The van der Waals surface area contributed by atoms with Crippen LogP contribution in [0.25, 0.3) is 0 Å². The molecule has 0 atom stereocenters. The maximum atomic E-state index is 12.8. The highest BCUT2D eigenvalue weighted by Crippen LogP contribution is 2.39. The van der Waals surface area contributed by atoms with Crippen molar-refractivity contribution in [2.24, 2.45) is 0 Å². The summed E-state index contributed by atoms with van der Waals surface area (Å²) in [5, 5.41) is 2.96. The fourth-order valence-electron chi connectivity index (χ4n) is 3.41. The topological polar surface area (TPSA) is 69.3 Å². The fourth-order valence-corrected chi connectivity index (χ4v) is 3.41. The Morgan fingerprint density at radius 1 is 1.00 bits per heavy atom. The molecule has 0 unspecified atom stereocenters. The van der Waals surface area contributed by atoms with Gasteiger partial charge in [-0.3, -0.25) is 9.69 Å². The number of ether oxygens (including phenoxy) is 4. The van der Waals surface area contributed by atoms with Crippen molar-refractivity contribution in [3.05, 3.63) is 53.1 Å². The smallest absolute Gasteiger partial charge is 0.255 e. The normalized spacial score (nSPS) is 14.3. The molecule has 1 N–H and O–H groups in total. The summed E-state index contributed by atoms with van der Waals surface area (Å²) in [6.45, 7) is 4.76. The van der Waals surface area contributed by atoms with Crippen molar-refractivity contribution in [2.45, 2.75) is 13.1 Å². The lowest BCUT2D eigenvalue weighted by Gasteiger charge is -2.26. The number of nitrogens with zero attached hydrogens (tertiary/aromatic N) is 1. The van der Waals surface area contributed by atoms with Gasteiger partial charge in [-0.05, 0) is 23.3 Å². The number of methoxy groups -OCH3 is 3. The Kier molecular flexibility index (Phi) is 7.32. The Morgan fingerprint density at radius 3 is 2.41 bits per heavy atom. The minimum absolute atomic E-state index is 0.235.